The van der Waals surface area contributed by atoms with Gasteiger partial charge in [-0.25, -0.2) is 0 Å². The van der Waals surface area contributed by atoms with E-state index in [0.717, 1.165) is 51.1 Å². The maximum absolute atomic E-state index is 12.5. The van der Waals surface area contributed by atoms with Crippen LogP contribution in [-0.4, -0.2) is 28.0 Å². The highest BCUT2D eigenvalue weighted by atomic mass is 32.1. The van der Waals surface area contributed by atoms with Crippen molar-refractivity contribution in [3.8, 4) is 0 Å². The fourth-order valence-electron chi connectivity index (χ4n) is 3.00. The van der Waals surface area contributed by atoms with Crippen molar-refractivity contribution in [2.24, 2.45) is 0 Å². The minimum atomic E-state index is -0.0294. The molecule has 3 heterocycles. The predicted octanol–water partition coefficient (Wildman–Crippen LogP) is 2.53. The largest absolute Gasteiger partial charge is 0.381 e. The van der Waals surface area contributed by atoms with Crippen molar-refractivity contribution in [3.05, 3.63) is 29.4 Å². The zero-order valence-corrected chi connectivity index (χ0v) is 12.0. The Morgan fingerprint density at radius 1 is 1.19 bits per heavy atom. The maximum atomic E-state index is 12.5. The Morgan fingerprint density at radius 3 is 2.90 bits per heavy atom. The van der Waals surface area contributed by atoms with Gasteiger partial charge in [0.25, 0.3) is 5.91 Å². The van der Waals surface area contributed by atoms with Crippen LogP contribution in [0.4, 0.5) is 5.69 Å². The summed E-state index contributed by atoms with van der Waals surface area (Å²) in [6, 6.07) is 3.98. The minimum Gasteiger partial charge on any atom is -0.381 e. The lowest BCUT2D eigenvalue weighted by Crippen LogP contribution is -2.39. The third kappa shape index (κ3) is 1.53. The van der Waals surface area contributed by atoms with Crippen LogP contribution < -0.4 is 10.6 Å². The zero-order valence-electron chi connectivity index (χ0n) is 11.1. The lowest BCUT2D eigenvalue weighted by Gasteiger charge is -2.13. The summed E-state index contributed by atoms with van der Waals surface area (Å²) >= 11 is 1.52. The molecule has 3 aromatic rings. The molecular formula is C15H12N4OS. The van der Waals surface area contributed by atoms with Crippen molar-refractivity contribution in [2.75, 3.05) is 11.9 Å². The van der Waals surface area contributed by atoms with E-state index in [2.05, 4.69) is 20.6 Å². The number of carbonyl (C=O) groups excluding carboxylic acids is 1. The van der Waals surface area contributed by atoms with Crippen LogP contribution in [0.25, 0.3) is 21.1 Å². The van der Waals surface area contributed by atoms with Gasteiger partial charge in [-0.1, -0.05) is 0 Å². The molecule has 1 fully saturated rings. The first-order chi connectivity index (χ1) is 10.3. The Hall–Kier alpha value is -2.21. The molecule has 0 saturated heterocycles. The smallest absolute Gasteiger partial charge is 0.264 e. The fraction of sp³-hybridized carbons (Fsp3) is 0.267. The molecule has 5 rings (SSSR count). The molecule has 5 nitrogen and oxygen atoms in total. The third-order valence-corrected chi connectivity index (χ3v) is 5.49. The molecule has 1 aliphatic heterocycles. The van der Waals surface area contributed by atoms with Crippen LogP contribution in [0.2, 0.25) is 0 Å². The minimum absolute atomic E-state index is 0.0294. The molecule has 6 heteroatoms. The second kappa shape index (κ2) is 3.71. The first-order valence-corrected chi connectivity index (χ1v) is 7.80. The lowest BCUT2D eigenvalue weighted by molar-refractivity contribution is 0.0942. The molecule has 1 aromatic carbocycles. The second-order valence-electron chi connectivity index (χ2n) is 5.76. The Kier molecular flexibility index (Phi) is 2.02. The first kappa shape index (κ1) is 11.4. The van der Waals surface area contributed by atoms with E-state index in [4.69, 9.17) is 0 Å². The number of benzene rings is 1. The summed E-state index contributed by atoms with van der Waals surface area (Å²) in [4.78, 5) is 22.1. The summed E-state index contributed by atoms with van der Waals surface area (Å²) < 4.78 is 1.07. The van der Waals surface area contributed by atoms with Crippen molar-refractivity contribution in [3.63, 3.8) is 0 Å². The van der Waals surface area contributed by atoms with Crippen LogP contribution in [-0.2, 0) is 0 Å². The summed E-state index contributed by atoms with van der Waals surface area (Å²) in [7, 11) is 0. The van der Waals surface area contributed by atoms with Crippen LogP contribution in [0.1, 0.15) is 22.5 Å². The number of amides is 1. The van der Waals surface area contributed by atoms with Gasteiger partial charge in [-0.15, -0.1) is 11.3 Å². The van der Waals surface area contributed by atoms with Crippen molar-refractivity contribution in [1.82, 2.24) is 15.3 Å². The number of hydrogen-bond acceptors (Lipinski definition) is 5. The average Bonchev–Trinajstić information content (AvgIpc) is 3.18. The number of rotatable bonds is 0. The normalized spacial score (nSPS) is 19.1. The van der Waals surface area contributed by atoms with Gasteiger partial charge in [0.05, 0.1) is 22.3 Å². The molecule has 1 aliphatic carbocycles. The molecule has 104 valence electrons. The van der Waals surface area contributed by atoms with Crippen molar-refractivity contribution in [2.45, 2.75) is 18.4 Å². The van der Waals surface area contributed by atoms with Gasteiger partial charge in [-0.3, -0.25) is 14.8 Å². The Labute approximate surface area is 124 Å². The summed E-state index contributed by atoms with van der Waals surface area (Å²) in [6.07, 6.45) is 5.50. The van der Waals surface area contributed by atoms with Crippen LogP contribution in [0.15, 0.2) is 24.5 Å². The predicted molar refractivity (Wildman–Crippen MR) is 82.8 cm³/mol. The molecular weight excluding hydrogens is 284 g/mol. The molecule has 1 saturated carbocycles. The van der Waals surface area contributed by atoms with E-state index in [1.807, 2.05) is 12.1 Å². The number of thiophene rings is 1. The molecule has 2 aliphatic rings. The molecule has 0 unspecified atom stereocenters. The number of aromatic nitrogens is 2. The SMILES string of the molecule is O=C1NC2(CC2)CNc2c1sc1ccc3nccnc3c21. The summed E-state index contributed by atoms with van der Waals surface area (Å²) in [5.41, 5.74) is 2.61. The number of hydrogen-bond donors (Lipinski definition) is 2. The molecule has 2 aromatic heterocycles. The number of anilines is 1. The highest BCUT2D eigenvalue weighted by Gasteiger charge is 2.46. The van der Waals surface area contributed by atoms with E-state index in [0.29, 0.717) is 0 Å². The molecule has 21 heavy (non-hydrogen) atoms. The van der Waals surface area contributed by atoms with E-state index in [1.165, 1.54) is 11.3 Å². The van der Waals surface area contributed by atoms with Gasteiger partial charge < -0.3 is 10.6 Å². The van der Waals surface area contributed by atoms with Gasteiger partial charge in [-0.2, -0.15) is 0 Å². The number of nitrogens with zero attached hydrogens (tertiary/aromatic N) is 2. The van der Waals surface area contributed by atoms with Gasteiger partial charge in [0.2, 0.25) is 0 Å². The Bertz CT molecular complexity index is 913. The monoisotopic (exact) mass is 296 g/mol. The second-order valence-corrected chi connectivity index (χ2v) is 6.81. The third-order valence-electron chi connectivity index (χ3n) is 4.33. The van der Waals surface area contributed by atoms with Gasteiger partial charge >= 0.3 is 0 Å². The first-order valence-electron chi connectivity index (χ1n) is 6.98. The van der Waals surface area contributed by atoms with E-state index < -0.39 is 0 Å². The molecule has 1 amide bonds. The summed E-state index contributed by atoms with van der Waals surface area (Å²) in [5.74, 6) is 0.0331. The molecule has 2 N–H and O–H groups in total. The van der Waals surface area contributed by atoms with Crippen molar-refractivity contribution >= 4 is 44.1 Å². The highest BCUT2D eigenvalue weighted by molar-refractivity contribution is 7.21. The van der Waals surface area contributed by atoms with E-state index in [9.17, 15) is 4.79 Å². The maximum Gasteiger partial charge on any atom is 0.264 e. The highest BCUT2D eigenvalue weighted by Crippen LogP contribution is 2.44. The fourth-order valence-corrected chi connectivity index (χ4v) is 4.08. The van der Waals surface area contributed by atoms with Gasteiger partial charge in [0, 0.05) is 29.0 Å². The molecule has 0 atom stereocenters. The zero-order chi connectivity index (χ0) is 14.0. The van der Waals surface area contributed by atoms with Crippen LogP contribution >= 0.6 is 11.3 Å². The lowest BCUT2D eigenvalue weighted by atomic mass is 10.1. The van der Waals surface area contributed by atoms with Gasteiger partial charge in [0.1, 0.15) is 4.88 Å². The van der Waals surface area contributed by atoms with Crippen LogP contribution in [0.3, 0.4) is 0 Å². The summed E-state index contributed by atoms with van der Waals surface area (Å²) in [6.45, 7) is 0.786. The molecule has 0 radical (unpaired) electrons. The molecule has 1 spiro atoms. The Balaban J connectivity index is 1.83. The molecule has 0 bridgehead atoms. The number of fused-ring (bicyclic) bond motifs is 5. The van der Waals surface area contributed by atoms with Crippen molar-refractivity contribution in [1.29, 1.82) is 0 Å². The van der Waals surface area contributed by atoms with Crippen molar-refractivity contribution < 1.29 is 4.79 Å². The topological polar surface area (TPSA) is 66.9 Å². The average molecular weight is 296 g/mol. The van der Waals surface area contributed by atoms with E-state index in [1.54, 1.807) is 12.4 Å². The quantitative estimate of drug-likeness (QED) is 0.669. The van der Waals surface area contributed by atoms with Crippen LogP contribution in [0.5, 0.6) is 0 Å². The van der Waals surface area contributed by atoms with Crippen LogP contribution in [0, 0.1) is 0 Å². The summed E-state index contributed by atoms with van der Waals surface area (Å²) in [5, 5.41) is 7.67. The standard InChI is InChI=1S/C15H12N4OS/c20-14-13-12(18-7-15(19-14)3-4-15)10-9(21-13)2-1-8-11(10)17-6-5-16-8/h1-2,5-6,18H,3-4,7H2,(H,19,20). The van der Waals surface area contributed by atoms with Gasteiger partial charge in [0.15, 0.2) is 0 Å². The number of carbonyl (C=O) groups is 1. The number of nitrogens with one attached hydrogen (secondary N) is 2. The van der Waals surface area contributed by atoms with E-state index >= 15 is 0 Å². The van der Waals surface area contributed by atoms with Gasteiger partial charge in [-0.05, 0) is 25.0 Å². The Morgan fingerprint density at radius 2 is 2.05 bits per heavy atom. The van der Waals surface area contributed by atoms with E-state index in [-0.39, 0.29) is 11.4 Å².